The quantitative estimate of drug-likeness (QED) is 0.392. The molecular weight excluding hydrogens is 484 g/mol. The van der Waals surface area contributed by atoms with Gasteiger partial charge in [0.2, 0.25) is 5.91 Å². The average Bonchev–Trinajstić information content (AvgIpc) is 3.79. The number of Topliss-reactive ketones (excluding diaryl/α,β-unsaturated/α-hetero) is 1. The highest BCUT2D eigenvalue weighted by molar-refractivity contribution is 6.07. The van der Waals surface area contributed by atoms with Crippen molar-refractivity contribution in [3.63, 3.8) is 0 Å². The van der Waals surface area contributed by atoms with Gasteiger partial charge in [-0.1, -0.05) is 69.3 Å². The zero-order chi connectivity index (χ0) is 27.3. The topological polar surface area (TPSA) is 58.6 Å². The van der Waals surface area contributed by atoms with Crippen LogP contribution in [0.4, 0.5) is 11.4 Å². The van der Waals surface area contributed by atoms with Crippen LogP contribution in [-0.4, -0.2) is 18.8 Å². The zero-order valence-corrected chi connectivity index (χ0v) is 23.2. The number of fused-ring (bicyclic) bond motifs is 1. The number of amides is 1. The van der Waals surface area contributed by atoms with E-state index in [1.165, 1.54) is 5.56 Å². The average molecular weight is 521 g/mol. The van der Waals surface area contributed by atoms with Crippen molar-refractivity contribution in [1.82, 2.24) is 0 Å². The van der Waals surface area contributed by atoms with Crippen LogP contribution in [0.1, 0.15) is 75.1 Å². The molecule has 5 nitrogen and oxygen atoms in total. The highest BCUT2D eigenvalue weighted by Crippen LogP contribution is 2.49. The standard InChI is InChI=1S/C34H36N2O3/c1-34(2,3)25-15-11-22(12-16-25)32-31-28(19-24(20-30(31)37)21-13-17-26(39-4)18-14-21)35-27-7-5-6-8-29(27)36(32)33(38)23-9-10-23/h5-8,11-18,23-24,32,35H,9-10,19-20H2,1-4H3. The van der Waals surface area contributed by atoms with Gasteiger partial charge in [-0.25, -0.2) is 0 Å². The number of anilines is 2. The second-order valence-electron chi connectivity index (χ2n) is 12.1. The monoisotopic (exact) mass is 520 g/mol. The number of rotatable bonds is 4. The third kappa shape index (κ3) is 4.75. The van der Waals surface area contributed by atoms with Crippen LogP contribution in [0.25, 0.3) is 0 Å². The first-order valence-corrected chi connectivity index (χ1v) is 13.9. The Morgan fingerprint density at radius 2 is 1.56 bits per heavy atom. The molecule has 3 aromatic rings. The number of allylic oxidation sites excluding steroid dienone is 1. The molecule has 1 saturated carbocycles. The van der Waals surface area contributed by atoms with E-state index in [9.17, 15) is 9.59 Å². The number of para-hydroxylation sites is 2. The lowest BCUT2D eigenvalue weighted by molar-refractivity contribution is -0.120. The van der Waals surface area contributed by atoms with Crippen LogP contribution in [0, 0.1) is 5.92 Å². The van der Waals surface area contributed by atoms with Crippen molar-refractivity contribution >= 4 is 23.1 Å². The summed E-state index contributed by atoms with van der Waals surface area (Å²) in [6.45, 7) is 6.59. The van der Waals surface area contributed by atoms with Crippen LogP contribution in [-0.2, 0) is 15.0 Å². The maximum atomic E-state index is 14.1. The fraction of sp³-hybridized carbons (Fsp3) is 0.353. The van der Waals surface area contributed by atoms with Crippen LogP contribution in [0.5, 0.6) is 5.75 Å². The molecule has 1 heterocycles. The van der Waals surface area contributed by atoms with Crippen LogP contribution < -0.4 is 15.0 Å². The lowest BCUT2D eigenvalue weighted by atomic mass is 9.77. The van der Waals surface area contributed by atoms with Gasteiger partial charge < -0.3 is 10.1 Å². The first-order valence-electron chi connectivity index (χ1n) is 13.9. The van der Waals surface area contributed by atoms with Crippen molar-refractivity contribution in [2.24, 2.45) is 5.92 Å². The third-order valence-corrected chi connectivity index (χ3v) is 8.33. The Balaban J connectivity index is 1.50. The number of hydrogen-bond donors (Lipinski definition) is 1. The summed E-state index contributed by atoms with van der Waals surface area (Å²) >= 11 is 0. The number of nitrogens with one attached hydrogen (secondary N) is 1. The highest BCUT2D eigenvalue weighted by Gasteiger charge is 2.45. The van der Waals surface area contributed by atoms with Crippen molar-refractivity contribution in [1.29, 1.82) is 0 Å². The first-order chi connectivity index (χ1) is 18.7. The Morgan fingerprint density at radius 1 is 0.897 bits per heavy atom. The molecule has 2 aliphatic carbocycles. The minimum atomic E-state index is -0.470. The smallest absolute Gasteiger partial charge is 0.231 e. The molecule has 3 aromatic carbocycles. The molecule has 0 bridgehead atoms. The summed E-state index contributed by atoms with van der Waals surface area (Å²) in [5.41, 5.74) is 6.66. The third-order valence-electron chi connectivity index (χ3n) is 8.33. The van der Waals surface area contributed by atoms with E-state index in [0.29, 0.717) is 18.4 Å². The molecule has 3 aliphatic rings. The van der Waals surface area contributed by atoms with E-state index in [-0.39, 0.29) is 28.9 Å². The summed E-state index contributed by atoms with van der Waals surface area (Å²) in [6, 6.07) is 24.0. The molecule has 6 rings (SSSR count). The summed E-state index contributed by atoms with van der Waals surface area (Å²) in [4.78, 5) is 30.0. The van der Waals surface area contributed by atoms with Gasteiger partial charge in [-0.2, -0.15) is 0 Å². The predicted molar refractivity (Wildman–Crippen MR) is 155 cm³/mol. The summed E-state index contributed by atoms with van der Waals surface area (Å²) < 4.78 is 5.34. The van der Waals surface area contributed by atoms with E-state index in [1.54, 1.807) is 7.11 Å². The van der Waals surface area contributed by atoms with Crippen molar-refractivity contribution in [3.05, 3.63) is 101 Å². The fourth-order valence-corrected chi connectivity index (χ4v) is 5.95. The van der Waals surface area contributed by atoms with Crippen molar-refractivity contribution in [2.75, 3.05) is 17.3 Å². The fourth-order valence-electron chi connectivity index (χ4n) is 5.95. The van der Waals surface area contributed by atoms with Gasteiger partial charge >= 0.3 is 0 Å². The van der Waals surface area contributed by atoms with Gasteiger partial charge in [-0.3, -0.25) is 14.5 Å². The molecule has 1 amide bonds. The van der Waals surface area contributed by atoms with Gasteiger partial charge in [0.1, 0.15) is 5.75 Å². The zero-order valence-electron chi connectivity index (χ0n) is 23.2. The van der Waals surface area contributed by atoms with Crippen LogP contribution in [0.2, 0.25) is 0 Å². The summed E-state index contributed by atoms with van der Waals surface area (Å²) in [7, 11) is 1.66. The first kappa shape index (κ1) is 25.4. The van der Waals surface area contributed by atoms with Gasteiger partial charge in [-0.05, 0) is 71.6 Å². The number of ketones is 1. The van der Waals surface area contributed by atoms with Crippen molar-refractivity contribution in [3.8, 4) is 5.75 Å². The lowest BCUT2D eigenvalue weighted by Gasteiger charge is -2.35. The number of hydrogen-bond acceptors (Lipinski definition) is 4. The summed E-state index contributed by atoms with van der Waals surface area (Å²) in [6.07, 6.45) is 2.91. The highest BCUT2D eigenvalue weighted by atomic mass is 16.5. The SMILES string of the molecule is COc1ccc(C2CC(=O)C3=C(C2)Nc2ccccc2N(C(=O)C2CC2)C3c2ccc(C(C)(C)C)cc2)cc1. The van der Waals surface area contributed by atoms with Crippen molar-refractivity contribution < 1.29 is 14.3 Å². The van der Waals surface area contributed by atoms with Gasteiger partial charge in [0, 0.05) is 23.6 Å². The second-order valence-corrected chi connectivity index (χ2v) is 12.1. The normalized spacial score (nSPS) is 21.0. The van der Waals surface area contributed by atoms with E-state index in [4.69, 9.17) is 4.74 Å². The Kier molecular flexibility index (Phi) is 6.33. The molecule has 0 aromatic heterocycles. The van der Waals surface area contributed by atoms with E-state index < -0.39 is 6.04 Å². The van der Waals surface area contributed by atoms with E-state index >= 15 is 0 Å². The molecular formula is C34H36N2O3. The van der Waals surface area contributed by atoms with Gasteiger partial charge in [0.25, 0.3) is 0 Å². The Labute approximate surface area is 230 Å². The molecule has 200 valence electrons. The van der Waals surface area contributed by atoms with Crippen LogP contribution in [0.15, 0.2) is 84.1 Å². The van der Waals surface area contributed by atoms with E-state index in [1.807, 2.05) is 41.3 Å². The number of ether oxygens (including phenoxy) is 1. The Hall–Kier alpha value is -3.86. The summed E-state index contributed by atoms with van der Waals surface area (Å²) in [5, 5.41) is 3.63. The molecule has 0 spiro atoms. The van der Waals surface area contributed by atoms with Crippen LogP contribution in [0.3, 0.4) is 0 Å². The van der Waals surface area contributed by atoms with Gasteiger partial charge in [0.05, 0.1) is 24.5 Å². The minimum Gasteiger partial charge on any atom is -0.497 e. The molecule has 1 aliphatic heterocycles. The lowest BCUT2D eigenvalue weighted by Crippen LogP contribution is -2.39. The molecule has 2 unspecified atom stereocenters. The number of carbonyl (C=O) groups is 2. The van der Waals surface area contributed by atoms with E-state index in [0.717, 1.165) is 46.8 Å². The van der Waals surface area contributed by atoms with Crippen LogP contribution >= 0.6 is 0 Å². The molecule has 0 radical (unpaired) electrons. The Morgan fingerprint density at radius 3 is 2.21 bits per heavy atom. The number of carbonyl (C=O) groups excluding carboxylic acids is 2. The Bertz CT molecular complexity index is 1440. The largest absolute Gasteiger partial charge is 0.497 e. The minimum absolute atomic E-state index is 0.0102. The number of methoxy groups -OCH3 is 1. The second kappa shape index (κ2) is 9.71. The number of nitrogens with zero attached hydrogens (tertiary/aromatic N) is 1. The maximum Gasteiger partial charge on any atom is 0.231 e. The predicted octanol–water partition coefficient (Wildman–Crippen LogP) is 7.30. The molecule has 1 N–H and O–H groups in total. The van der Waals surface area contributed by atoms with E-state index in [2.05, 4.69) is 62.5 Å². The molecule has 5 heteroatoms. The van der Waals surface area contributed by atoms with Crippen molar-refractivity contribution in [2.45, 2.75) is 63.8 Å². The molecule has 2 atom stereocenters. The van der Waals surface area contributed by atoms with Gasteiger partial charge in [0.15, 0.2) is 5.78 Å². The summed E-state index contributed by atoms with van der Waals surface area (Å²) in [5.74, 6) is 1.07. The molecule has 39 heavy (non-hydrogen) atoms. The maximum absolute atomic E-state index is 14.1. The molecule has 0 saturated heterocycles. The molecule has 1 fully saturated rings. The number of benzene rings is 3. The van der Waals surface area contributed by atoms with Gasteiger partial charge in [-0.15, -0.1) is 0 Å².